The number of alkyl halides is 3. The lowest BCUT2D eigenvalue weighted by molar-refractivity contribution is -0.134. The lowest BCUT2D eigenvalue weighted by Crippen LogP contribution is -2.20. The van der Waals surface area contributed by atoms with Crippen LogP contribution in [-0.2, 0) is 10.0 Å². The number of hydrogen-bond donors (Lipinski definition) is 2. The van der Waals surface area contributed by atoms with Gasteiger partial charge in [-0.2, -0.15) is 13.2 Å². The van der Waals surface area contributed by atoms with E-state index in [-0.39, 0.29) is 10.7 Å². The molecule has 0 aliphatic rings. The maximum atomic E-state index is 12.0. The van der Waals surface area contributed by atoms with Gasteiger partial charge in [0.05, 0.1) is 16.5 Å². The Morgan fingerprint density at radius 3 is 2.48 bits per heavy atom. The maximum Gasteiger partial charge on any atom is 0.389 e. The molecule has 1 rings (SSSR count). The molecule has 1 aromatic carbocycles. The Kier molecular flexibility index (Phi) is 5.46. The van der Waals surface area contributed by atoms with Gasteiger partial charge in [-0.1, -0.05) is 17.7 Å². The fraction of sp³-hybridized carbons (Fsp3) is 0.364. The van der Waals surface area contributed by atoms with Crippen LogP contribution in [0.25, 0.3) is 0 Å². The molecule has 5 nitrogen and oxygen atoms in total. The van der Waals surface area contributed by atoms with Crippen LogP contribution >= 0.6 is 11.6 Å². The van der Waals surface area contributed by atoms with Gasteiger partial charge in [0.15, 0.2) is 0 Å². The van der Waals surface area contributed by atoms with Gasteiger partial charge >= 0.3 is 12.1 Å². The van der Waals surface area contributed by atoms with Crippen LogP contribution in [0.2, 0.25) is 5.02 Å². The topological polar surface area (TPSA) is 83.5 Å². The van der Waals surface area contributed by atoms with Crippen molar-refractivity contribution in [1.29, 1.82) is 0 Å². The molecule has 0 unspecified atom stereocenters. The SMILES string of the molecule is O=C(O)c1c(Cl)cccc1NS(=O)(=O)CCCC(F)(F)F. The Morgan fingerprint density at radius 2 is 1.95 bits per heavy atom. The fourth-order valence-corrected chi connectivity index (χ4v) is 2.89. The van der Waals surface area contributed by atoms with Crippen molar-refractivity contribution in [2.24, 2.45) is 0 Å². The number of carboxylic acids is 1. The van der Waals surface area contributed by atoms with Crippen molar-refractivity contribution in [2.75, 3.05) is 10.5 Å². The molecule has 10 heteroatoms. The zero-order valence-electron chi connectivity index (χ0n) is 10.4. The number of carboxylic acid groups (broad SMARTS) is 1. The highest BCUT2D eigenvalue weighted by Crippen LogP contribution is 2.26. The Morgan fingerprint density at radius 1 is 1.33 bits per heavy atom. The van der Waals surface area contributed by atoms with Gasteiger partial charge in [-0.05, 0) is 18.6 Å². The molecule has 0 spiro atoms. The summed E-state index contributed by atoms with van der Waals surface area (Å²) in [6, 6.07) is 3.74. The van der Waals surface area contributed by atoms with E-state index >= 15 is 0 Å². The minimum absolute atomic E-state index is 0.182. The van der Waals surface area contributed by atoms with Crippen molar-refractivity contribution >= 4 is 33.3 Å². The highest BCUT2D eigenvalue weighted by molar-refractivity contribution is 7.92. The van der Waals surface area contributed by atoms with Gasteiger partial charge in [-0.15, -0.1) is 0 Å². The average Bonchev–Trinajstić information content (AvgIpc) is 2.25. The summed E-state index contributed by atoms with van der Waals surface area (Å²) in [5.74, 6) is -2.23. The van der Waals surface area contributed by atoms with Crippen LogP contribution in [0.3, 0.4) is 0 Å². The highest BCUT2D eigenvalue weighted by atomic mass is 35.5. The van der Waals surface area contributed by atoms with Crippen LogP contribution in [0, 0.1) is 0 Å². The Labute approximate surface area is 123 Å². The largest absolute Gasteiger partial charge is 0.478 e. The van der Waals surface area contributed by atoms with E-state index in [1.165, 1.54) is 12.1 Å². The minimum atomic E-state index is -4.45. The van der Waals surface area contributed by atoms with E-state index in [2.05, 4.69) is 0 Å². The molecule has 0 atom stereocenters. The van der Waals surface area contributed by atoms with Crippen molar-refractivity contribution < 1.29 is 31.5 Å². The molecule has 0 heterocycles. The number of nitrogens with one attached hydrogen (secondary N) is 1. The van der Waals surface area contributed by atoms with E-state index in [1.54, 1.807) is 0 Å². The Hall–Kier alpha value is -1.48. The molecule has 0 aliphatic heterocycles. The number of benzene rings is 1. The van der Waals surface area contributed by atoms with Gasteiger partial charge in [0.1, 0.15) is 5.56 Å². The van der Waals surface area contributed by atoms with Gasteiger partial charge in [-0.25, -0.2) is 13.2 Å². The predicted octanol–water partition coefficient (Wildman–Crippen LogP) is 3.12. The summed E-state index contributed by atoms with van der Waals surface area (Å²) in [7, 11) is -4.10. The summed E-state index contributed by atoms with van der Waals surface area (Å²) in [5, 5.41) is 8.78. The molecular formula is C11H11ClF3NO4S. The molecule has 118 valence electrons. The number of sulfonamides is 1. The zero-order chi connectivity index (χ0) is 16.3. The van der Waals surface area contributed by atoms with Crippen molar-refractivity contribution in [1.82, 2.24) is 0 Å². The van der Waals surface area contributed by atoms with E-state index in [0.717, 1.165) is 6.07 Å². The minimum Gasteiger partial charge on any atom is -0.478 e. The molecule has 1 aromatic rings. The molecule has 0 fully saturated rings. The van der Waals surface area contributed by atoms with E-state index in [0.29, 0.717) is 0 Å². The summed E-state index contributed by atoms with van der Waals surface area (Å²) in [6.07, 6.45) is -6.31. The maximum absolute atomic E-state index is 12.0. The first-order chi connectivity index (χ1) is 9.52. The normalized spacial score (nSPS) is 12.2. The number of halogens is 4. The van der Waals surface area contributed by atoms with Gasteiger partial charge in [0.25, 0.3) is 0 Å². The molecule has 0 bridgehead atoms. The Balaban J connectivity index is 2.85. The number of anilines is 1. The molecule has 0 aromatic heterocycles. The number of carbonyl (C=O) groups is 1. The molecular weight excluding hydrogens is 335 g/mol. The van der Waals surface area contributed by atoms with Crippen LogP contribution in [0.15, 0.2) is 18.2 Å². The lowest BCUT2D eigenvalue weighted by Gasteiger charge is -2.12. The highest BCUT2D eigenvalue weighted by Gasteiger charge is 2.27. The summed E-state index contributed by atoms with van der Waals surface area (Å²) < 4.78 is 61.2. The summed E-state index contributed by atoms with van der Waals surface area (Å²) >= 11 is 5.65. The van der Waals surface area contributed by atoms with Crippen molar-refractivity contribution in [3.8, 4) is 0 Å². The average molecular weight is 346 g/mol. The molecule has 0 radical (unpaired) electrons. The predicted molar refractivity (Wildman–Crippen MR) is 71.1 cm³/mol. The van der Waals surface area contributed by atoms with Crippen molar-refractivity contribution in [2.45, 2.75) is 19.0 Å². The zero-order valence-corrected chi connectivity index (χ0v) is 12.0. The molecule has 21 heavy (non-hydrogen) atoms. The third-order valence-electron chi connectivity index (χ3n) is 2.37. The van der Waals surface area contributed by atoms with Gasteiger partial charge in [0, 0.05) is 6.42 Å². The fourth-order valence-electron chi connectivity index (χ4n) is 1.51. The molecule has 2 N–H and O–H groups in total. The first-order valence-electron chi connectivity index (χ1n) is 5.61. The third-order valence-corrected chi connectivity index (χ3v) is 4.04. The van der Waals surface area contributed by atoms with Gasteiger partial charge in [-0.3, -0.25) is 4.72 Å². The van der Waals surface area contributed by atoms with Crippen LogP contribution in [0.1, 0.15) is 23.2 Å². The second-order valence-corrected chi connectivity index (χ2v) is 6.36. The van der Waals surface area contributed by atoms with E-state index < -0.39 is 46.3 Å². The lowest BCUT2D eigenvalue weighted by atomic mass is 10.2. The first-order valence-corrected chi connectivity index (χ1v) is 7.64. The quantitative estimate of drug-likeness (QED) is 0.829. The molecule has 0 saturated carbocycles. The van der Waals surface area contributed by atoms with Crippen LogP contribution in [0.5, 0.6) is 0 Å². The van der Waals surface area contributed by atoms with E-state index in [4.69, 9.17) is 16.7 Å². The molecule has 0 amide bonds. The number of rotatable bonds is 6. The molecule has 0 saturated heterocycles. The smallest absolute Gasteiger partial charge is 0.389 e. The second-order valence-electron chi connectivity index (χ2n) is 4.11. The van der Waals surface area contributed by atoms with Gasteiger partial charge in [0.2, 0.25) is 10.0 Å². The second kappa shape index (κ2) is 6.52. The number of aromatic carboxylic acids is 1. The molecule has 0 aliphatic carbocycles. The van der Waals surface area contributed by atoms with Crippen LogP contribution < -0.4 is 4.72 Å². The Bertz CT molecular complexity index is 631. The monoisotopic (exact) mass is 345 g/mol. The van der Waals surface area contributed by atoms with E-state index in [1.807, 2.05) is 4.72 Å². The van der Waals surface area contributed by atoms with Crippen molar-refractivity contribution in [3.05, 3.63) is 28.8 Å². The van der Waals surface area contributed by atoms with Crippen molar-refractivity contribution in [3.63, 3.8) is 0 Å². The number of hydrogen-bond acceptors (Lipinski definition) is 3. The summed E-state index contributed by atoms with van der Waals surface area (Å²) in [4.78, 5) is 11.0. The van der Waals surface area contributed by atoms with Crippen LogP contribution in [-0.4, -0.2) is 31.4 Å². The van der Waals surface area contributed by atoms with E-state index in [9.17, 15) is 26.4 Å². The third kappa shape index (κ3) is 5.80. The standard InChI is InChI=1S/C11H11ClF3NO4S/c12-7-3-1-4-8(9(7)10(17)18)16-21(19,20)6-2-5-11(13,14)15/h1,3-4,16H,2,5-6H2,(H,17,18). The van der Waals surface area contributed by atoms with Gasteiger partial charge < -0.3 is 5.11 Å². The summed E-state index contributed by atoms with van der Waals surface area (Å²) in [5.41, 5.74) is -0.749. The first kappa shape index (κ1) is 17.6. The summed E-state index contributed by atoms with van der Waals surface area (Å²) in [6.45, 7) is 0. The van der Waals surface area contributed by atoms with Crippen LogP contribution in [0.4, 0.5) is 18.9 Å².